The van der Waals surface area contributed by atoms with Gasteiger partial charge in [0, 0.05) is 54.1 Å². The number of furan rings is 1. The standard InChI is InChI=1S/C19H19N3O3/c1-21-19(24)11-2-4-14-15-5-3-13(10-17(15)25-16(14)8-11)22-7-6-12(20)9-18(22)23/h2-5,8,10,12H,6-7,9,20H2,1H3,(H,21,24)/t12-/m0/s1. The zero-order valence-corrected chi connectivity index (χ0v) is 13.9. The molecule has 0 bridgehead atoms. The molecule has 2 aromatic carbocycles. The molecule has 25 heavy (non-hydrogen) atoms. The van der Waals surface area contributed by atoms with Crippen LogP contribution >= 0.6 is 0 Å². The first-order valence-electron chi connectivity index (χ1n) is 8.31. The average Bonchev–Trinajstić information content (AvgIpc) is 2.97. The van der Waals surface area contributed by atoms with Crippen LogP contribution in [0, 0.1) is 0 Å². The summed E-state index contributed by atoms with van der Waals surface area (Å²) in [5.74, 6) is -0.116. The van der Waals surface area contributed by atoms with Crippen LogP contribution in [0.1, 0.15) is 23.2 Å². The van der Waals surface area contributed by atoms with Gasteiger partial charge in [0.2, 0.25) is 5.91 Å². The Bertz CT molecular complexity index is 992. The highest BCUT2D eigenvalue weighted by Crippen LogP contribution is 2.33. The molecule has 1 aromatic heterocycles. The SMILES string of the molecule is CNC(=O)c1ccc2c(c1)oc1cc(N3CC[C@H](N)CC3=O)ccc12. The minimum atomic E-state index is -0.154. The number of fused-ring (bicyclic) bond motifs is 3. The Morgan fingerprint density at radius 3 is 2.64 bits per heavy atom. The number of carbonyl (C=O) groups excluding carboxylic acids is 2. The van der Waals surface area contributed by atoms with Crippen LogP contribution in [0.15, 0.2) is 40.8 Å². The zero-order valence-electron chi connectivity index (χ0n) is 13.9. The number of piperidine rings is 1. The van der Waals surface area contributed by atoms with E-state index in [1.165, 1.54) is 0 Å². The Kier molecular flexibility index (Phi) is 3.69. The number of benzene rings is 2. The summed E-state index contributed by atoms with van der Waals surface area (Å²) in [6.45, 7) is 0.618. The number of nitrogens with two attached hydrogens (primary N) is 1. The van der Waals surface area contributed by atoms with Gasteiger partial charge in [-0.15, -0.1) is 0 Å². The number of amides is 2. The van der Waals surface area contributed by atoms with E-state index in [2.05, 4.69) is 5.32 Å². The van der Waals surface area contributed by atoms with E-state index in [9.17, 15) is 9.59 Å². The van der Waals surface area contributed by atoms with Crippen molar-refractivity contribution in [3.05, 3.63) is 42.0 Å². The second-order valence-electron chi connectivity index (χ2n) is 6.37. The number of rotatable bonds is 2. The van der Waals surface area contributed by atoms with Crippen molar-refractivity contribution in [2.24, 2.45) is 5.73 Å². The first-order chi connectivity index (χ1) is 12.1. The Hall–Kier alpha value is -2.86. The first-order valence-corrected chi connectivity index (χ1v) is 8.31. The highest BCUT2D eigenvalue weighted by molar-refractivity contribution is 6.08. The molecule has 1 aliphatic heterocycles. The van der Waals surface area contributed by atoms with Gasteiger partial charge in [0.25, 0.3) is 5.91 Å². The van der Waals surface area contributed by atoms with Crippen molar-refractivity contribution in [2.75, 3.05) is 18.5 Å². The number of hydrogen-bond acceptors (Lipinski definition) is 4. The third-order valence-corrected chi connectivity index (χ3v) is 4.72. The molecule has 6 heteroatoms. The summed E-state index contributed by atoms with van der Waals surface area (Å²) < 4.78 is 5.93. The maximum Gasteiger partial charge on any atom is 0.251 e. The number of carbonyl (C=O) groups is 2. The number of anilines is 1. The van der Waals surface area contributed by atoms with Crippen LogP contribution in [-0.4, -0.2) is 31.4 Å². The quantitative estimate of drug-likeness (QED) is 0.751. The summed E-state index contributed by atoms with van der Waals surface area (Å²) in [7, 11) is 1.60. The summed E-state index contributed by atoms with van der Waals surface area (Å²) in [5.41, 5.74) is 8.57. The second kappa shape index (κ2) is 5.89. The molecule has 1 aliphatic rings. The predicted octanol–water partition coefficient (Wildman–Crippen LogP) is 2.40. The minimum Gasteiger partial charge on any atom is -0.456 e. The number of nitrogens with one attached hydrogen (secondary N) is 1. The Morgan fingerprint density at radius 1 is 1.20 bits per heavy atom. The molecule has 6 nitrogen and oxygen atoms in total. The van der Waals surface area contributed by atoms with Gasteiger partial charge in [0.1, 0.15) is 11.2 Å². The molecule has 128 valence electrons. The van der Waals surface area contributed by atoms with Gasteiger partial charge in [-0.1, -0.05) is 0 Å². The van der Waals surface area contributed by atoms with Gasteiger partial charge in [-0.2, -0.15) is 0 Å². The van der Waals surface area contributed by atoms with E-state index in [1.807, 2.05) is 24.3 Å². The highest BCUT2D eigenvalue weighted by Gasteiger charge is 2.25. The summed E-state index contributed by atoms with van der Waals surface area (Å²) in [6, 6.07) is 11.1. The summed E-state index contributed by atoms with van der Waals surface area (Å²) in [6.07, 6.45) is 1.16. The van der Waals surface area contributed by atoms with Crippen LogP contribution in [-0.2, 0) is 4.79 Å². The highest BCUT2D eigenvalue weighted by atomic mass is 16.3. The molecule has 2 heterocycles. The molecule has 4 rings (SSSR count). The number of nitrogens with zero attached hydrogens (tertiary/aromatic N) is 1. The molecule has 3 aromatic rings. The average molecular weight is 337 g/mol. The van der Waals surface area contributed by atoms with Gasteiger partial charge in [0.05, 0.1) is 0 Å². The summed E-state index contributed by atoms with van der Waals surface area (Å²) in [5, 5.41) is 4.51. The van der Waals surface area contributed by atoms with Crippen LogP contribution in [0.3, 0.4) is 0 Å². The molecule has 1 fully saturated rings. The fourth-order valence-electron chi connectivity index (χ4n) is 3.35. The van der Waals surface area contributed by atoms with Crippen LogP contribution in [0.2, 0.25) is 0 Å². The van der Waals surface area contributed by atoms with Crippen molar-refractivity contribution in [3.8, 4) is 0 Å². The van der Waals surface area contributed by atoms with E-state index < -0.39 is 0 Å². The van der Waals surface area contributed by atoms with E-state index in [0.717, 1.165) is 22.9 Å². The van der Waals surface area contributed by atoms with Crippen molar-refractivity contribution in [1.29, 1.82) is 0 Å². The molecule has 0 radical (unpaired) electrons. The maximum atomic E-state index is 12.2. The van der Waals surface area contributed by atoms with Gasteiger partial charge in [0.15, 0.2) is 0 Å². The number of hydrogen-bond donors (Lipinski definition) is 2. The molecule has 2 amide bonds. The largest absolute Gasteiger partial charge is 0.456 e. The smallest absolute Gasteiger partial charge is 0.251 e. The molecule has 1 atom stereocenters. The lowest BCUT2D eigenvalue weighted by Crippen LogP contribution is -2.43. The predicted molar refractivity (Wildman–Crippen MR) is 96.7 cm³/mol. The fourth-order valence-corrected chi connectivity index (χ4v) is 3.35. The monoisotopic (exact) mass is 337 g/mol. The van der Waals surface area contributed by atoms with Gasteiger partial charge in [-0.05, 0) is 36.8 Å². The molecule has 0 unspecified atom stereocenters. The normalized spacial score (nSPS) is 18.1. The zero-order chi connectivity index (χ0) is 17.6. The molecule has 0 spiro atoms. The summed E-state index contributed by atoms with van der Waals surface area (Å²) >= 11 is 0. The Morgan fingerprint density at radius 2 is 1.92 bits per heavy atom. The third-order valence-electron chi connectivity index (χ3n) is 4.72. The molecular weight excluding hydrogens is 318 g/mol. The van der Waals surface area contributed by atoms with E-state index in [-0.39, 0.29) is 17.9 Å². The van der Waals surface area contributed by atoms with Crippen molar-refractivity contribution in [2.45, 2.75) is 18.9 Å². The lowest BCUT2D eigenvalue weighted by Gasteiger charge is -2.29. The third kappa shape index (κ3) is 2.64. The molecular formula is C19H19N3O3. The van der Waals surface area contributed by atoms with Crippen molar-refractivity contribution < 1.29 is 14.0 Å². The van der Waals surface area contributed by atoms with E-state index in [4.69, 9.17) is 10.2 Å². The molecule has 0 aliphatic carbocycles. The molecule has 0 saturated carbocycles. The lowest BCUT2D eigenvalue weighted by atomic mass is 10.0. The van der Waals surface area contributed by atoms with Crippen molar-refractivity contribution in [1.82, 2.24) is 5.32 Å². The van der Waals surface area contributed by atoms with E-state index in [0.29, 0.717) is 29.7 Å². The lowest BCUT2D eigenvalue weighted by molar-refractivity contribution is -0.119. The van der Waals surface area contributed by atoms with Crippen LogP contribution in [0.4, 0.5) is 5.69 Å². The minimum absolute atomic E-state index is 0.0381. The first kappa shape index (κ1) is 15.7. The van der Waals surface area contributed by atoms with Gasteiger partial charge in [-0.3, -0.25) is 9.59 Å². The van der Waals surface area contributed by atoms with Gasteiger partial charge >= 0.3 is 0 Å². The van der Waals surface area contributed by atoms with Crippen LogP contribution in [0.25, 0.3) is 21.9 Å². The van der Waals surface area contributed by atoms with E-state index >= 15 is 0 Å². The second-order valence-corrected chi connectivity index (χ2v) is 6.37. The van der Waals surface area contributed by atoms with Gasteiger partial charge in [-0.25, -0.2) is 0 Å². The van der Waals surface area contributed by atoms with Crippen molar-refractivity contribution in [3.63, 3.8) is 0 Å². The Labute approximate surface area is 144 Å². The fraction of sp³-hybridized carbons (Fsp3) is 0.263. The van der Waals surface area contributed by atoms with E-state index in [1.54, 1.807) is 24.1 Å². The Balaban J connectivity index is 1.76. The molecule has 1 saturated heterocycles. The maximum absolute atomic E-state index is 12.2. The molecule has 3 N–H and O–H groups in total. The van der Waals surface area contributed by atoms with Gasteiger partial charge < -0.3 is 20.4 Å². The van der Waals surface area contributed by atoms with Crippen LogP contribution < -0.4 is 16.0 Å². The van der Waals surface area contributed by atoms with Crippen molar-refractivity contribution >= 4 is 39.4 Å². The summed E-state index contributed by atoms with van der Waals surface area (Å²) in [4.78, 5) is 25.8. The van der Waals surface area contributed by atoms with Crippen LogP contribution in [0.5, 0.6) is 0 Å². The topological polar surface area (TPSA) is 88.6 Å².